The standard InChI is InChI=1S/C14H10Cl3FO2/c1-20-13-6-11(16)9(5-12(13)17)14(19)8-3-2-7(18)4-10(8)15/h2-6,14,19H,1H3. The summed E-state index contributed by atoms with van der Waals surface area (Å²) in [5, 5.41) is 11.0. The van der Waals surface area contributed by atoms with Crippen LogP contribution in [-0.4, -0.2) is 12.2 Å². The Bertz CT molecular complexity index is 647. The summed E-state index contributed by atoms with van der Waals surface area (Å²) in [6.45, 7) is 0. The van der Waals surface area contributed by atoms with Crippen LogP contribution in [0.25, 0.3) is 0 Å². The molecule has 0 heterocycles. The van der Waals surface area contributed by atoms with Crippen LogP contribution in [0.3, 0.4) is 0 Å². The highest BCUT2D eigenvalue weighted by molar-refractivity contribution is 6.35. The molecule has 0 fully saturated rings. The van der Waals surface area contributed by atoms with Gasteiger partial charge in [0.15, 0.2) is 0 Å². The molecule has 1 N–H and O–H groups in total. The van der Waals surface area contributed by atoms with Gasteiger partial charge >= 0.3 is 0 Å². The van der Waals surface area contributed by atoms with Gasteiger partial charge in [0.05, 0.1) is 17.2 Å². The van der Waals surface area contributed by atoms with E-state index in [1.165, 1.54) is 31.4 Å². The third kappa shape index (κ3) is 3.01. The average Bonchev–Trinajstić information content (AvgIpc) is 2.40. The maximum Gasteiger partial charge on any atom is 0.138 e. The summed E-state index contributed by atoms with van der Waals surface area (Å²) >= 11 is 18.0. The van der Waals surface area contributed by atoms with Gasteiger partial charge in [0.25, 0.3) is 0 Å². The molecule has 106 valence electrons. The van der Waals surface area contributed by atoms with E-state index in [0.29, 0.717) is 21.9 Å². The first-order valence-electron chi connectivity index (χ1n) is 5.60. The first-order valence-corrected chi connectivity index (χ1v) is 6.73. The quantitative estimate of drug-likeness (QED) is 0.866. The average molecular weight is 336 g/mol. The summed E-state index contributed by atoms with van der Waals surface area (Å²) in [6.07, 6.45) is -1.11. The maximum absolute atomic E-state index is 13.0. The molecule has 0 amide bonds. The van der Waals surface area contributed by atoms with Crippen molar-refractivity contribution in [1.82, 2.24) is 0 Å². The molecule has 20 heavy (non-hydrogen) atoms. The van der Waals surface area contributed by atoms with E-state index in [9.17, 15) is 9.50 Å². The zero-order chi connectivity index (χ0) is 14.9. The number of halogens is 4. The molecule has 2 nitrogen and oxygen atoms in total. The molecule has 0 bridgehead atoms. The van der Waals surface area contributed by atoms with Crippen molar-refractivity contribution >= 4 is 34.8 Å². The van der Waals surface area contributed by atoms with Crippen LogP contribution in [0.5, 0.6) is 5.75 Å². The van der Waals surface area contributed by atoms with E-state index in [1.54, 1.807) is 0 Å². The van der Waals surface area contributed by atoms with Gasteiger partial charge in [0.2, 0.25) is 0 Å². The molecule has 2 aromatic carbocycles. The van der Waals surface area contributed by atoms with E-state index in [-0.39, 0.29) is 10.0 Å². The van der Waals surface area contributed by atoms with Gasteiger partial charge in [0.1, 0.15) is 17.7 Å². The van der Waals surface area contributed by atoms with E-state index < -0.39 is 11.9 Å². The van der Waals surface area contributed by atoms with Gasteiger partial charge in [-0.1, -0.05) is 40.9 Å². The van der Waals surface area contributed by atoms with Crippen molar-refractivity contribution in [2.45, 2.75) is 6.10 Å². The fourth-order valence-corrected chi connectivity index (χ4v) is 2.58. The lowest BCUT2D eigenvalue weighted by Gasteiger charge is -2.16. The van der Waals surface area contributed by atoms with Crippen LogP contribution >= 0.6 is 34.8 Å². The molecule has 0 radical (unpaired) electrons. The molecule has 0 saturated heterocycles. The summed E-state index contributed by atoms with van der Waals surface area (Å²) in [5.74, 6) is -0.0809. The third-order valence-corrected chi connectivity index (χ3v) is 3.77. The number of hydrogen-bond donors (Lipinski definition) is 1. The van der Waals surface area contributed by atoms with Crippen molar-refractivity contribution in [1.29, 1.82) is 0 Å². The molecule has 0 saturated carbocycles. The number of aliphatic hydroxyl groups excluding tert-OH is 1. The van der Waals surface area contributed by atoms with Crippen molar-refractivity contribution in [2.24, 2.45) is 0 Å². The topological polar surface area (TPSA) is 29.5 Å². The van der Waals surface area contributed by atoms with Crippen LogP contribution in [0.4, 0.5) is 4.39 Å². The van der Waals surface area contributed by atoms with Gasteiger partial charge in [-0.05, 0) is 18.2 Å². The summed E-state index contributed by atoms with van der Waals surface area (Å²) in [7, 11) is 1.46. The zero-order valence-corrected chi connectivity index (χ0v) is 12.6. The van der Waals surface area contributed by atoms with Gasteiger partial charge in [-0.2, -0.15) is 0 Å². The van der Waals surface area contributed by atoms with Crippen LogP contribution in [0.1, 0.15) is 17.2 Å². The van der Waals surface area contributed by atoms with E-state index in [2.05, 4.69) is 0 Å². The number of rotatable bonds is 3. The van der Waals surface area contributed by atoms with Gasteiger partial charge < -0.3 is 9.84 Å². The number of methoxy groups -OCH3 is 1. The Morgan fingerprint density at radius 3 is 2.25 bits per heavy atom. The first-order chi connectivity index (χ1) is 9.43. The van der Waals surface area contributed by atoms with E-state index in [0.717, 1.165) is 6.07 Å². The largest absolute Gasteiger partial charge is 0.495 e. The van der Waals surface area contributed by atoms with Crippen molar-refractivity contribution in [3.05, 3.63) is 62.3 Å². The molecular formula is C14H10Cl3FO2. The Morgan fingerprint density at radius 1 is 1.00 bits per heavy atom. The number of ether oxygens (including phenoxy) is 1. The van der Waals surface area contributed by atoms with Gasteiger partial charge in [-0.25, -0.2) is 4.39 Å². The molecule has 0 aromatic heterocycles. The highest BCUT2D eigenvalue weighted by Gasteiger charge is 2.19. The fourth-order valence-electron chi connectivity index (χ4n) is 1.80. The Hall–Kier alpha value is -1.000. The van der Waals surface area contributed by atoms with Crippen molar-refractivity contribution in [2.75, 3.05) is 7.11 Å². The zero-order valence-electron chi connectivity index (χ0n) is 10.3. The van der Waals surface area contributed by atoms with Crippen LogP contribution in [-0.2, 0) is 0 Å². The van der Waals surface area contributed by atoms with E-state index in [1.807, 2.05) is 0 Å². The van der Waals surface area contributed by atoms with Crippen molar-refractivity contribution in [3.8, 4) is 5.75 Å². The molecule has 2 rings (SSSR count). The first kappa shape index (κ1) is 15.4. The molecule has 1 unspecified atom stereocenters. The number of hydrogen-bond acceptors (Lipinski definition) is 2. The molecule has 2 aromatic rings. The lowest BCUT2D eigenvalue weighted by molar-refractivity contribution is 0.220. The van der Waals surface area contributed by atoms with Crippen LogP contribution < -0.4 is 4.74 Å². The molecule has 0 spiro atoms. The summed E-state index contributed by atoms with van der Waals surface area (Å²) in [6, 6.07) is 6.73. The van der Waals surface area contributed by atoms with E-state index in [4.69, 9.17) is 39.5 Å². The molecule has 1 atom stereocenters. The highest BCUT2D eigenvalue weighted by atomic mass is 35.5. The lowest BCUT2D eigenvalue weighted by Crippen LogP contribution is -2.02. The molecule has 0 aliphatic heterocycles. The number of benzene rings is 2. The smallest absolute Gasteiger partial charge is 0.138 e. The number of aliphatic hydroxyl groups is 1. The second kappa shape index (κ2) is 6.19. The van der Waals surface area contributed by atoms with E-state index >= 15 is 0 Å². The SMILES string of the molecule is COc1cc(Cl)c(C(O)c2ccc(F)cc2Cl)cc1Cl. The molecule has 6 heteroatoms. The minimum Gasteiger partial charge on any atom is -0.495 e. The second-order valence-corrected chi connectivity index (χ2v) is 5.30. The Morgan fingerprint density at radius 2 is 1.65 bits per heavy atom. The minimum atomic E-state index is -1.11. The maximum atomic E-state index is 13.0. The second-order valence-electron chi connectivity index (χ2n) is 4.08. The summed E-state index contributed by atoms with van der Waals surface area (Å²) < 4.78 is 18.1. The van der Waals surface area contributed by atoms with Crippen molar-refractivity contribution in [3.63, 3.8) is 0 Å². The third-order valence-electron chi connectivity index (χ3n) is 2.82. The van der Waals surface area contributed by atoms with Crippen molar-refractivity contribution < 1.29 is 14.2 Å². The Kier molecular flexibility index (Phi) is 4.76. The van der Waals surface area contributed by atoms with Gasteiger partial charge in [0, 0.05) is 22.2 Å². The normalized spacial score (nSPS) is 12.3. The minimum absolute atomic E-state index is 0.112. The summed E-state index contributed by atoms with van der Waals surface area (Å²) in [5.41, 5.74) is 0.710. The molecular weight excluding hydrogens is 326 g/mol. The highest BCUT2D eigenvalue weighted by Crippen LogP contribution is 2.37. The summed E-state index contributed by atoms with van der Waals surface area (Å²) in [4.78, 5) is 0. The fraction of sp³-hybridized carbons (Fsp3) is 0.143. The monoisotopic (exact) mass is 334 g/mol. The van der Waals surface area contributed by atoms with Crippen LogP contribution in [0, 0.1) is 5.82 Å². The van der Waals surface area contributed by atoms with Gasteiger partial charge in [-0.3, -0.25) is 0 Å². The predicted octanol–water partition coefficient (Wildman–Crippen LogP) is 4.88. The Labute approximate surface area is 130 Å². The molecule has 0 aliphatic rings. The Balaban J connectivity index is 2.48. The lowest BCUT2D eigenvalue weighted by atomic mass is 10.0. The van der Waals surface area contributed by atoms with Crippen LogP contribution in [0.15, 0.2) is 30.3 Å². The molecule has 0 aliphatic carbocycles. The van der Waals surface area contributed by atoms with Gasteiger partial charge in [-0.15, -0.1) is 0 Å². The van der Waals surface area contributed by atoms with Crippen LogP contribution in [0.2, 0.25) is 15.1 Å². The predicted molar refractivity (Wildman–Crippen MR) is 78.5 cm³/mol.